The first-order valence-electron chi connectivity index (χ1n) is 6.40. The van der Waals surface area contributed by atoms with Crippen LogP contribution in [-0.2, 0) is 14.3 Å². The van der Waals surface area contributed by atoms with Crippen molar-refractivity contribution in [1.29, 1.82) is 0 Å². The van der Waals surface area contributed by atoms with Gasteiger partial charge in [-0.15, -0.1) is 0 Å². The molecule has 1 aliphatic heterocycles. The summed E-state index contributed by atoms with van der Waals surface area (Å²) in [6, 6.07) is 0. The van der Waals surface area contributed by atoms with Gasteiger partial charge in [0.1, 0.15) is 5.60 Å². The van der Waals surface area contributed by atoms with Gasteiger partial charge in [0.15, 0.2) is 0 Å². The third-order valence-corrected chi connectivity index (χ3v) is 3.24. The summed E-state index contributed by atoms with van der Waals surface area (Å²) in [5.41, 5.74) is -1.48. The second kappa shape index (κ2) is 5.77. The fraction of sp³-hybridized carbons (Fsp3) is 0.846. The molecule has 19 heavy (non-hydrogen) atoms. The molecule has 110 valence electrons. The van der Waals surface area contributed by atoms with Crippen molar-refractivity contribution in [2.24, 2.45) is 5.41 Å². The Balaban J connectivity index is 2.68. The monoisotopic (exact) mass is 273 g/mol. The maximum atomic E-state index is 11.9. The van der Waals surface area contributed by atoms with Crippen molar-refractivity contribution in [3.8, 4) is 0 Å². The standard InChI is InChI=1S/C13H23NO5/c1-12(2,3)19-11(17)14-7-5-13(9-14,10(15)16)6-8-18-4/h5-9H2,1-4H3,(H,15,16). The summed E-state index contributed by atoms with van der Waals surface area (Å²) in [7, 11) is 1.54. The van der Waals surface area contributed by atoms with Crippen molar-refractivity contribution in [3.05, 3.63) is 0 Å². The Bertz CT molecular complexity index is 349. The first kappa shape index (κ1) is 15.8. The normalized spacial score (nSPS) is 23.5. The van der Waals surface area contributed by atoms with Crippen molar-refractivity contribution in [2.75, 3.05) is 26.8 Å². The Morgan fingerprint density at radius 1 is 1.37 bits per heavy atom. The van der Waals surface area contributed by atoms with Crippen LogP contribution in [0.4, 0.5) is 4.79 Å². The minimum Gasteiger partial charge on any atom is -0.481 e. The lowest BCUT2D eigenvalue weighted by atomic mass is 9.84. The van der Waals surface area contributed by atoms with Crippen LogP contribution in [-0.4, -0.2) is 54.5 Å². The van der Waals surface area contributed by atoms with E-state index in [0.29, 0.717) is 26.0 Å². The number of aliphatic carboxylic acids is 1. The average Bonchev–Trinajstić information content (AvgIpc) is 2.69. The van der Waals surface area contributed by atoms with Crippen molar-refractivity contribution in [1.82, 2.24) is 4.90 Å². The fourth-order valence-electron chi connectivity index (χ4n) is 2.14. The second-order valence-corrected chi connectivity index (χ2v) is 5.98. The molecule has 1 aliphatic rings. The Morgan fingerprint density at radius 3 is 2.47 bits per heavy atom. The van der Waals surface area contributed by atoms with E-state index >= 15 is 0 Å². The van der Waals surface area contributed by atoms with Crippen molar-refractivity contribution in [2.45, 2.75) is 39.2 Å². The maximum Gasteiger partial charge on any atom is 0.410 e. The van der Waals surface area contributed by atoms with Crippen LogP contribution in [0.1, 0.15) is 33.6 Å². The Hall–Kier alpha value is -1.30. The molecule has 1 heterocycles. The van der Waals surface area contributed by atoms with E-state index in [1.165, 1.54) is 12.0 Å². The lowest BCUT2D eigenvalue weighted by Gasteiger charge is -2.26. The molecular formula is C13H23NO5. The Kier molecular flexibility index (Phi) is 4.79. The number of carboxylic acids is 1. The second-order valence-electron chi connectivity index (χ2n) is 5.98. The fourth-order valence-corrected chi connectivity index (χ4v) is 2.14. The minimum atomic E-state index is -0.910. The molecule has 1 rings (SSSR count). The van der Waals surface area contributed by atoms with E-state index in [1.54, 1.807) is 20.8 Å². The van der Waals surface area contributed by atoms with E-state index in [2.05, 4.69) is 0 Å². The SMILES string of the molecule is COCCC1(C(=O)O)CCN(C(=O)OC(C)(C)C)C1. The van der Waals surface area contributed by atoms with E-state index in [9.17, 15) is 14.7 Å². The summed E-state index contributed by atoms with van der Waals surface area (Å²) in [6.45, 7) is 6.32. The zero-order chi connectivity index (χ0) is 14.7. The van der Waals surface area contributed by atoms with Crippen molar-refractivity contribution >= 4 is 12.1 Å². The molecule has 1 N–H and O–H groups in total. The van der Waals surface area contributed by atoms with Gasteiger partial charge in [-0.2, -0.15) is 0 Å². The number of nitrogens with zero attached hydrogens (tertiary/aromatic N) is 1. The van der Waals surface area contributed by atoms with Crippen LogP contribution in [0.3, 0.4) is 0 Å². The summed E-state index contributed by atoms with van der Waals surface area (Å²) < 4.78 is 10.2. The van der Waals surface area contributed by atoms with Crippen LogP contribution in [0.25, 0.3) is 0 Å². The van der Waals surface area contributed by atoms with Gasteiger partial charge < -0.3 is 19.5 Å². The van der Waals surface area contributed by atoms with Crippen LogP contribution in [0.15, 0.2) is 0 Å². The van der Waals surface area contributed by atoms with E-state index in [4.69, 9.17) is 9.47 Å². The predicted molar refractivity (Wildman–Crippen MR) is 69.0 cm³/mol. The van der Waals surface area contributed by atoms with Crippen LogP contribution in [0.2, 0.25) is 0 Å². The van der Waals surface area contributed by atoms with Crippen molar-refractivity contribution < 1.29 is 24.2 Å². The van der Waals surface area contributed by atoms with E-state index in [-0.39, 0.29) is 6.54 Å². The van der Waals surface area contributed by atoms with Gasteiger partial charge in [-0.1, -0.05) is 0 Å². The van der Waals surface area contributed by atoms with Gasteiger partial charge in [-0.3, -0.25) is 4.79 Å². The molecule has 6 nitrogen and oxygen atoms in total. The summed E-state index contributed by atoms with van der Waals surface area (Å²) in [4.78, 5) is 24.8. The lowest BCUT2D eigenvalue weighted by molar-refractivity contribution is -0.149. The highest BCUT2D eigenvalue weighted by Gasteiger charge is 2.46. The van der Waals surface area contributed by atoms with Crippen molar-refractivity contribution in [3.63, 3.8) is 0 Å². The molecule has 0 bridgehead atoms. The predicted octanol–water partition coefficient (Wildman–Crippen LogP) is 1.73. The zero-order valence-corrected chi connectivity index (χ0v) is 12.1. The third kappa shape index (κ3) is 4.09. The molecule has 1 unspecified atom stereocenters. The summed E-state index contributed by atoms with van der Waals surface area (Å²) in [6.07, 6.45) is 0.385. The quantitative estimate of drug-likeness (QED) is 0.844. The molecule has 0 aromatic heterocycles. The highest BCUT2D eigenvalue weighted by Crippen LogP contribution is 2.35. The molecule has 0 aromatic carbocycles. The van der Waals surface area contributed by atoms with Crippen LogP contribution >= 0.6 is 0 Å². The molecule has 0 aromatic rings. The van der Waals surface area contributed by atoms with Crippen LogP contribution in [0, 0.1) is 5.41 Å². The number of methoxy groups -OCH3 is 1. The Morgan fingerprint density at radius 2 is 2.00 bits per heavy atom. The molecule has 0 aliphatic carbocycles. The minimum absolute atomic E-state index is 0.181. The molecule has 0 radical (unpaired) electrons. The van der Waals surface area contributed by atoms with Gasteiger partial charge in [-0.05, 0) is 33.6 Å². The molecule has 0 saturated carbocycles. The molecule has 0 spiro atoms. The summed E-state index contributed by atoms with van der Waals surface area (Å²) in [5.74, 6) is -0.879. The molecule has 6 heteroatoms. The van der Waals surface area contributed by atoms with Crippen LogP contribution < -0.4 is 0 Å². The number of rotatable bonds is 4. The van der Waals surface area contributed by atoms with E-state index in [1.807, 2.05) is 0 Å². The zero-order valence-electron chi connectivity index (χ0n) is 12.1. The van der Waals surface area contributed by atoms with Gasteiger partial charge in [0, 0.05) is 26.8 Å². The maximum absolute atomic E-state index is 11.9. The largest absolute Gasteiger partial charge is 0.481 e. The molecule has 1 fully saturated rings. The molecular weight excluding hydrogens is 250 g/mol. The van der Waals surface area contributed by atoms with Gasteiger partial charge in [-0.25, -0.2) is 4.79 Å². The number of amides is 1. The van der Waals surface area contributed by atoms with Gasteiger partial charge >= 0.3 is 12.1 Å². The Labute approximate surface area is 113 Å². The average molecular weight is 273 g/mol. The molecule has 1 atom stereocenters. The lowest BCUT2D eigenvalue weighted by Crippen LogP contribution is -2.40. The first-order valence-corrected chi connectivity index (χ1v) is 6.40. The topological polar surface area (TPSA) is 76.1 Å². The molecule has 1 saturated heterocycles. The van der Waals surface area contributed by atoms with E-state index in [0.717, 1.165) is 0 Å². The number of carbonyl (C=O) groups excluding carboxylic acids is 1. The number of ether oxygens (including phenoxy) is 2. The highest BCUT2D eigenvalue weighted by molar-refractivity contribution is 5.78. The number of carboxylic acid groups (broad SMARTS) is 1. The molecule has 1 amide bonds. The number of hydrogen-bond donors (Lipinski definition) is 1. The third-order valence-electron chi connectivity index (χ3n) is 3.24. The number of carbonyl (C=O) groups is 2. The first-order chi connectivity index (χ1) is 8.70. The van der Waals surface area contributed by atoms with Gasteiger partial charge in [0.05, 0.1) is 5.41 Å². The van der Waals surface area contributed by atoms with E-state index < -0.39 is 23.1 Å². The van der Waals surface area contributed by atoms with Crippen LogP contribution in [0.5, 0.6) is 0 Å². The number of hydrogen-bond acceptors (Lipinski definition) is 4. The summed E-state index contributed by atoms with van der Waals surface area (Å²) in [5, 5.41) is 9.39. The highest BCUT2D eigenvalue weighted by atomic mass is 16.6. The summed E-state index contributed by atoms with van der Waals surface area (Å²) >= 11 is 0. The number of likely N-dealkylation sites (tertiary alicyclic amines) is 1. The van der Waals surface area contributed by atoms with Gasteiger partial charge in [0.25, 0.3) is 0 Å². The van der Waals surface area contributed by atoms with Gasteiger partial charge in [0.2, 0.25) is 0 Å². The smallest absolute Gasteiger partial charge is 0.410 e.